The molecule has 0 N–H and O–H groups in total. The zero-order valence-electron chi connectivity index (χ0n) is 43.2. The SMILES string of the molecule is C=Cc1ccccc1-c1ccc(-c2cccc(-c3ccc(C(c4ccc(-c5ccccc5)cc4)c4ccc(-c5ccccc5)cc4)cc3)c2)cc1Cc1ccc2c(c1)C(c1ccccc1)(c1ccccc1)C1=C2CCC=C1. The minimum atomic E-state index is -0.415. The molecule has 0 amide bonds. The van der Waals surface area contributed by atoms with Crippen LogP contribution in [0.2, 0.25) is 0 Å². The number of fused-ring (bicyclic) bond motifs is 2. The first-order valence-corrected chi connectivity index (χ1v) is 27.1. The third kappa shape index (κ3) is 8.92. The third-order valence-electron chi connectivity index (χ3n) is 16.2. The van der Waals surface area contributed by atoms with Crippen LogP contribution in [0.3, 0.4) is 0 Å². The van der Waals surface area contributed by atoms with Crippen LogP contribution in [0, 0.1) is 0 Å². The van der Waals surface area contributed by atoms with Crippen LogP contribution in [0.5, 0.6) is 0 Å². The Balaban J connectivity index is 0.862. The molecule has 0 saturated carbocycles. The highest BCUT2D eigenvalue weighted by Crippen LogP contribution is 2.57. The molecule has 366 valence electrons. The van der Waals surface area contributed by atoms with E-state index in [1.54, 1.807) is 0 Å². The van der Waals surface area contributed by atoms with E-state index in [2.05, 4.69) is 298 Å². The van der Waals surface area contributed by atoms with Gasteiger partial charge >= 0.3 is 0 Å². The predicted molar refractivity (Wildman–Crippen MR) is 325 cm³/mol. The number of benzene rings is 11. The Kier molecular flexibility index (Phi) is 12.8. The molecule has 11 aromatic carbocycles. The average molecular weight is 983 g/mol. The molecule has 13 rings (SSSR count). The molecule has 77 heavy (non-hydrogen) atoms. The van der Waals surface area contributed by atoms with Crippen LogP contribution in [0.15, 0.2) is 303 Å². The van der Waals surface area contributed by atoms with E-state index in [1.807, 2.05) is 6.08 Å². The first kappa shape index (κ1) is 47.4. The highest BCUT2D eigenvalue weighted by Gasteiger charge is 2.47. The molecule has 0 heteroatoms. The van der Waals surface area contributed by atoms with Gasteiger partial charge in [-0.1, -0.05) is 298 Å². The second-order valence-corrected chi connectivity index (χ2v) is 20.6. The summed E-state index contributed by atoms with van der Waals surface area (Å²) in [6, 6.07) is 103. The maximum Gasteiger partial charge on any atom is 0.0710 e. The van der Waals surface area contributed by atoms with Gasteiger partial charge in [-0.3, -0.25) is 0 Å². The summed E-state index contributed by atoms with van der Waals surface area (Å²) < 4.78 is 0. The summed E-state index contributed by atoms with van der Waals surface area (Å²) in [5.74, 6) is 0.0606. The second kappa shape index (κ2) is 20.7. The molecule has 0 atom stereocenters. The van der Waals surface area contributed by atoms with Crippen molar-refractivity contribution in [2.75, 3.05) is 0 Å². The van der Waals surface area contributed by atoms with Crippen molar-refractivity contribution in [2.24, 2.45) is 0 Å². The van der Waals surface area contributed by atoms with E-state index in [1.165, 1.54) is 117 Å². The molecule has 0 fully saturated rings. The van der Waals surface area contributed by atoms with Gasteiger partial charge in [0.15, 0.2) is 0 Å². The molecule has 0 aromatic heterocycles. The fraction of sp³-hybridized carbons (Fsp3) is 0.0649. The Labute approximate surface area is 454 Å². The largest absolute Gasteiger partial charge is 0.0984 e. The molecule has 0 unspecified atom stereocenters. The molecule has 0 saturated heterocycles. The number of allylic oxidation sites excluding steroid dienone is 4. The first-order chi connectivity index (χ1) is 38.1. The summed E-state index contributed by atoms with van der Waals surface area (Å²) in [5.41, 5.74) is 27.4. The Morgan fingerprint density at radius 3 is 1.42 bits per heavy atom. The standard InChI is InChI=1S/C77H58/c1-2-55-20-15-16-31-70(55)71-49-47-66(53-67(71)50-54-34-48-73-72-32-17-18-33-74(72)77(75(73)51-54,68-27-11-5-12-28-68)69-29-13-6-14-30-69)65-26-19-25-64(52-65)60-39-45-63(46-40-60)76(61-41-35-58(36-42-61)56-21-7-3-8-22-56)62-43-37-59(38-44-62)57-23-9-4-10-24-57/h2-16,18-31,33-49,51-53,76H,1,17,32,50H2. The van der Waals surface area contributed by atoms with Crippen LogP contribution in [0.4, 0.5) is 0 Å². The van der Waals surface area contributed by atoms with Crippen molar-refractivity contribution in [2.45, 2.75) is 30.6 Å². The molecule has 2 aliphatic carbocycles. The lowest BCUT2D eigenvalue weighted by molar-refractivity contribution is 0.755. The zero-order chi connectivity index (χ0) is 51.5. The first-order valence-electron chi connectivity index (χ1n) is 27.1. The van der Waals surface area contributed by atoms with E-state index in [0.29, 0.717) is 0 Å². The third-order valence-corrected chi connectivity index (χ3v) is 16.2. The summed E-state index contributed by atoms with van der Waals surface area (Å²) >= 11 is 0. The average Bonchev–Trinajstić information content (AvgIpc) is 4.07. The van der Waals surface area contributed by atoms with Crippen LogP contribution in [-0.2, 0) is 11.8 Å². The summed E-state index contributed by atoms with van der Waals surface area (Å²) in [4.78, 5) is 0. The van der Waals surface area contributed by atoms with E-state index in [4.69, 9.17) is 0 Å². The van der Waals surface area contributed by atoms with Crippen molar-refractivity contribution in [1.82, 2.24) is 0 Å². The fourth-order valence-electron chi connectivity index (χ4n) is 12.5. The quantitative estimate of drug-likeness (QED) is 0.101. The molecular weight excluding hydrogens is 925 g/mol. The topological polar surface area (TPSA) is 0 Å². The van der Waals surface area contributed by atoms with Crippen molar-refractivity contribution in [1.29, 1.82) is 0 Å². The van der Waals surface area contributed by atoms with Gasteiger partial charge in [0.1, 0.15) is 0 Å². The summed E-state index contributed by atoms with van der Waals surface area (Å²) in [6.07, 6.45) is 9.65. The fourth-order valence-corrected chi connectivity index (χ4v) is 12.5. The summed E-state index contributed by atoms with van der Waals surface area (Å²) in [6.45, 7) is 4.25. The number of hydrogen-bond acceptors (Lipinski definition) is 0. The van der Waals surface area contributed by atoms with Crippen LogP contribution in [0.1, 0.15) is 74.4 Å². The normalized spacial score (nSPS) is 13.3. The van der Waals surface area contributed by atoms with Crippen molar-refractivity contribution >= 4 is 11.6 Å². The van der Waals surface area contributed by atoms with Crippen molar-refractivity contribution in [3.05, 3.63) is 359 Å². The van der Waals surface area contributed by atoms with Gasteiger partial charge in [-0.15, -0.1) is 0 Å². The van der Waals surface area contributed by atoms with E-state index in [0.717, 1.165) is 24.8 Å². The highest BCUT2D eigenvalue weighted by molar-refractivity contribution is 5.89. The summed E-state index contributed by atoms with van der Waals surface area (Å²) in [7, 11) is 0. The number of hydrogen-bond donors (Lipinski definition) is 0. The molecule has 0 heterocycles. The van der Waals surface area contributed by atoms with Crippen LogP contribution < -0.4 is 0 Å². The van der Waals surface area contributed by atoms with Crippen LogP contribution >= 0.6 is 0 Å². The number of rotatable bonds is 13. The molecule has 0 aliphatic heterocycles. The molecular formula is C77H58. The molecule has 2 aliphatic rings. The van der Waals surface area contributed by atoms with Crippen molar-refractivity contribution < 1.29 is 0 Å². The minimum absolute atomic E-state index is 0.0606. The maximum absolute atomic E-state index is 4.25. The van der Waals surface area contributed by atoms with Crippen LogP contribution in [-0.4, -0.2) is 0 Å². The van der Waals surface area contributed by atoms with Crippen molar-refractivity contribution in [3.63, 3.8) is 0 Å². The van der Waals surface area contributed by atoms with Gasteiger partial charge in [0, 0.05) is 5.92 Å². The van der Waals surface area contributed by atoms with E-state index >= 15 is 0 Å². The van der Waals surface area contributed by atoms with Gasteiger partial charge in [0.2, 0.25) is 0 Å². The minimum Gasteiger partial charge on any atom is -0.0984 e. The van der Waals surface area contributed by atoms with E-state index in [9.17, 15) is 0 Å². The lowest BCUT2D eigenvalue weighted by Gasteiger charge is -2.35. The Hall–Kier alpha value is -9.36. The lowest BCUT2D eigenvalue weighted by atomic mass is 9.66. The van der Waals surface area contributed by atoms with Gasteiger partial charge in [-0.2, -0.15) is 0 Å². The van der Waals surface area contributed by atoms with E-state index < -0.39 is 5.41 Å². The van der Waals surface area contributed by atoms with Crippen LogP contribution in [0.25, 0.3) is 67.3 Å². The molecule has 0 spiro atoms. The molecule has 0 nitrogen and oxygen atoms in total. The Bertz CT molecular complexity index is 3830. The second-order valence-electron chi connectivity index (χ2n) is 20.6. The maximum atomic E-state index is 4.25. The highest BCUT2D eigenvalue weighted by atomic mass is 14.5. The van der Waals surface area contributed by atoms with Gasteiger partial charge in [-0.25, -0.2) is 0 Å². The zero-order valence-corrected chi connectivity index (χ0v) is 43.2. The molecule has 11 aromatic rings. The lowest BCUT2D eigenvalue weighted by Crippen LogP contribution is -2.29. The Morgan fingerprint density at radius 1 is 0.390 bits per heavy atom. The smallest absolute Gasteiger partial charge is 0.0710 e. The van der Waals surface area contributed by atoms with Gasteiger partial charge in [-0.05, 0) is 148 Å². The van der Waals surface area contributed by atoms with Gasteiger partial charge in [0.25, 0.3) is 0 Å². The monoisotopic (exact) mass is 982 g/mol. The molecule has 0 bridgehead atoms. The van der Waals surface area contributed by atoms with Gasteiger partial charge in [0.05, 0.1) is 5.41 Å². The predicted octanol–water partition coefficient (Wildman–Crippen LogP) is 19.9. The molecule has 0 radical (unpaired) electrons. The van der Waals surface area contributed by atoms with Gasteiger partial charge < -0.3 is 0 Å². The summed E-state index contributed by atoms with van der Waals surface area (Å²) in [5, 5.41) is 0. The van der Waals surface area contributed by atoms with Crippen molar-refractivity contribution in [3.8, 4) is 55.6 Å². The van der Waals surface area contributed by atoms with E-state index in [-0.39, 0.29) is 5.92 Å². The Morgan fingerprint density at radius 2 is 0.844 bits per heavy atom.